The van der Waals surface area contributed by atoms with Gasteiger partial charge in [-0.3, -0.25) is 19.2 Å². The Morgan fingerprint density at radius 1 is 0.500 bits per heavy atom. The zero-order chi connectivity index (χ0) is 22.3. The van der Waals surface area contributed by atoms with Crippen molar-refractivity contribution < 1.29 is 39.6 Å². The highest BCUT2D eigenvalue weighted by Gasteiger charge is 2.18. The van der Waals surface area contributed by atoms with Crippen LogP contribution in [0.25, 0.3) is 0 Å². The number of hydrogen-bond acceptors (Lipinski definition) is 8. The van der Waals surface area contributed by atoms with E-state index in [1.807, 2.05) is 21.3 Å². The van der Waals surface area contributed by atoms with E-state index in [1.54, 1.807) is 0 Å². The van der Waals surface area contributed by atoms with Crippen molar-refractivity contribution in [1.82, 2.24) is 21.3 Å². The van der Waals surface area contributed by atoms with Crippen LogP contribution in [0.5, 0.6) is 0 Å². The first kappa shape index (κ1) is 26.9. The number of aliphatic hydroxyl groups is 4. The zero-order valence-corrected chi connectivity index (χ0v) is 14.9. The van der Waals surface area contributed by atoms with Crippen molar-refractivity contribution >= 4 is 23.6 Å². The zero-order valence-electron chi connectivity index (χ0n) is 14.9. The molecule has 0 aromatic carbocycles. The third-order valence-corrected chi connectivity index (χ3v) is 2.50. The molecule has 4 unspecified atom stereocenters. The molecular formula is C16H24N4O8. The van der Waals surface area contributed by atoms with Crippen molar-refractivity contribution in [2.24, 2.45) is 0 Å². The van der Waals surface area contributed by atoms with Crippen LogP contribution in [0.2, 0.25) is 0 Å². The first-order chi connectivity index (χ1) is 13.0. The van der Waals surface area contributed by atoms with Gasteiger partial charge in [-0.05, 0) is 24.3 Å². The third kappa shape index (κ3) is 13.0. The normalized spacial score (nSPS) is 13.6. The van der Waals surface area contributed by atoms with E-state index in [0.29, 0.717) is 0 Å². The average Bonchev–Trinajstić information content (AvgIpc) is 2.67. The van der Waals surface area contributed by atoms with Crippen LogP contribution in [-0.4, -0.2) is 69.0 Å². The van der Waals surface area contributed by atoms with E-state index in [0.717, 1.165) is 24.3 Å². The van der Waals surface area contributed by atoms with Crippen molar-refractivity contribution in [2.45, 2.75) is 24.9 Å². The first-order valence-electron chi connectivity index (χ1n) is 7.46. The van der Waals surface area contributed by atoms with Crippen LogP contribution >= 0.6 is 0 Å². The predicted octanol–water partition coefficient (Wildman–Crippen LogP) is -3.54. The second-order valence-corrected chi connectivity index (χ2v) is 4.63. The highest BCUT2D eigenvalue weighted by atomic mass is 16.4. The Labute approximate surface area is 160 Å². The molecule has 0 radical (unpaired) electrons. The van der Waals surface area contributed by atoms with Crippen molar-refractivity contribution in [3.63, 3.8) is 0 Å². The summed E-state index contributed by atoms with van der Waals surface area (Å²) in [6.45, 7) is 12.6. The molecule has 156 valence electrons. The van der Waals surface area contributed by atoms with Crippen molar-refractivity contribution in [2.75, 3.05) is 0 Å². The van der Waals surface area contributed by atoms with Crippen LogP contribution in [-0.2, 0) is 19.2 Å². The fourth-order valence-electron chi connectivity index (χ4n) is 1.13. The number of hydrogen-bond donors (Lipinski definition) is 8. The highest BCUT2D eigenvalue weighted by molar-refractivity contribution is 5.88. The lowest BCUT2D eigenvalue weighted by atomic mass is 10.4. The lowest BCUT2D eigenvalue weighted by Crippen LogP contribution is -2.51. The Balaban J connectivity index is 0. The maximum Gasteiger partial charge on any atom is 0.245 e. The van der Waals surface area contributed by atoms with Crippen molar-refractivity contribution in [1.29, 1.82) is 0 Å². The molecule has 0 aliphatic heterocycles. The first-order valence-corrected chi connectivity index (χ1v) is 7.46. The molecule has 12 nitrogen and oxygen atoms in total. The summed E-state index contributed by atoms with van der Waals surface area (Å²) in [5, 5.41) is 44.2. The number of aliphatic hydroxyl groups excluding tert-OH is 4. The molecule has 0 aromatic rings. The summed E-state index contributed by atoms with van der Waals surface area (Å²) in [5.41, 5.74) is 0. The Hall–Kier alpha value is -3.32. The quantitative estimate of drug-likeness (QED) is 0.136. The number of carbonyl (C=O) groups excluding carboxylic acids is 4. The number of rotatable bonds is 10. The smallest absolute Gasteiger partial charge is 0.245 e. The molecule has 4 amide bonds. The molecule has 28 heavy (non-hydrogen) atoms. The standard InChI is InChI=1S/2C8H12N2O4/c2*1-3-5(11)9-7(13)8(14)10-6(12)4-2/h2*3-4,7-8,13-14H,1-2H2,(H,9,11)(H,10,12). The lowest BCUT2D eigenvalue weighted by Gasteiger charge is -2.18. The molecule has 0 rings (SSSR count). The van der Waals surface area contributed by atoms with Gasteiger partial charge in [-0.15, -0.1) is 0 Å². The van der Waals surface area contributed by atoms with E-state index >= 15 is 0 Å². The predicted molar refractivity (Wildman–Crippen MR) is 97.4 cm³/mol. The van der Waals surface area contributed by atoms with Gasteiger partial charge in [0, 0.05) is 0 Å². The van der Waals surface area contributed by atoms with Gasteiger partial charge in [-0.25, -0.2) is 0 Å². The van der Waals surface area contributed by atoms with E-state index in [1.165, 1.54) is 0 Å². The maximum absolute atomic E-state index is 10.6. The Morgan fingerprint density at radius 2 is 0.643 bits per heavy atom. The Morgan fingerprint density at radius 3 is 0.750 bits per heavy atom. The molecule has 0 bridgehead atoms. The molecule has 0 aliphatic carbocycles. The van der Waals surface area contributed by atoms with Gasteiger partial charge >= 0.3 is 0 Å². The topological polar surface area (TPSA) is 197 Å². The maximum atomic E-state index is 10.6. The van der Waals surface area contributed by atoms with E-state index in [4.69, 9.17) is 20.4 Å². The van der Waals surface area contributed by atoms with Crippen molar-refractivity contribution in [3.8, 4) is 0 Å². The van der Waals surface area contributed by atoms with Gasteiger partial charge in [0.2, 0.25) is 23.6 Å². The second kappa shape index (κ2) is 14.8. The van der Waals surface area contributed by atoms with Gasteiger partial charge < -0.3 is 41.7 Å². The molecule has 0 heterocycles. The molecule has 8 N–H and O–H groups in total. The molecule has 12 heteroatoms. The summed E-state index contributed by atoms with van der Waals surface area (Å²) >= 11 is 0. The van der Waals surface area contributed by atoms with E-state index in [-0.39, 0.29) is 0 Å². The summed E-state index contributed by atoms with van der Waals surface area (Å²) in [4.78, 5) is 42.6. The average molecular weight is 400 g/mol. The molecular weight excluding hydrogens is 376 g/mol. The van der Waals surface area contributed by atoms with Gasteiger partial charge in [0.05, 0.1) is 0 Å². The molecule has 0 saturated carbocycles. The van der Waals surface area contributed by atoms with Gasteiger partial charge in [-0.2, -0.15) is 0 Å². The molecule has 0 spiro atoms. The van der Waals surface area contributed by atoms with E-state index in [9.17, 15) is 19.2 Å². The minimum Gasteiger partial charge on any atom is -0.369 e. The summed E-state index contributed by atoms with van der Waals surface area (Å²) in [6.07, 6.45) is -2.69. The van der Waals surface area contributed by atoms with Gasteiger partial charge in [0.15, 0.2) is 24.9 Å². The number of nitrogens with one attached hydrogen (secondary N) is 4. The largest absolute Gasteiger partial charge is 0.369 e. The van der Waals surface area contributed by atoms with Crippen LogP contribution in [0.4, 0.5) is 0 Å². The minimum absolute atomic E-state index is 0.663. The van der Waals surface area contributed by atoms with Gasteiger partial charge in [0.1, 0.15) is 0 Å². The lowest BCUT2D eigenvalue weighted by molar-refractivity contribution is -0.128. The second-order valence-electron chi connectivity index (χ2n) is 4.63. The van der Waals surface area contributed by atoms with Gasteiger partial charge in [-0.1, -0.05) is 26.3 Å². The summed E-state index contributed by atoms with van der Waals surface area (Å²) in [5.74, 6) is -2.65. The summed E-state index contributed by atoms with van der Waals surface area (Å²) in [6, 6.07) is 0. The molecule has 0 saturated heterocycles. The molecule has 0 fully saturated rings. The van der Waals surface area contributed by atoms with Crippen LogP contribution in [0, 0.1) is 0 Å². The Kier molecular flexibility index (Phi) is 14.2. The van der Waals surface area contributed by atoms with Crippen molar-refractivity contribution in [3.05, 3.63) is 50.6 Å². The minimum atomic E-state index is -1.59. The monoisotopic (exact) mass is 400 g/mol. The SMILES string of the molecule is C=CC(=O)NC(O)C(O)NC(=O)C=C.C=CC(=O)NC(O)C(O)NC(=O)C=C. The van der Waals surface area contributed by atoms with Gasteiger partial charge in [0.25, 0.3) is 0 Å². The summed E-state index contributed by atoms with van der Waals surface area (Å²) < 4.78 is 0. The number of carbonyl (C=O) groups is 4. The molecule has 4 atom stereocenters. The van der Waals surface area contributed by atoms with Crippen LogP contribution in [0.3, 0.4) is 0 Å². The van der Waals surface area contributed by atoms with E-state index in [2.05, 4.69) is 26.3 Å². The highest BCUT2D eigenvalue weighted by Crippen LogP contribution is 1.87. The Bertz CT molecular complexity index is 503. The van der Waals surface area contributed by atoms with Crippen LogP contribution in [0.15, 0.2) is 50.6 Å². The fraction of sp³-hybridized carbons (Fsp3) is 0.250. The van der Waals surface area contributed by atoms with Crippen LogP contribution in [0.1, 0.15) is 0 Å². The molecule has 0 aliphatic rings. The molecule has 0 aromatic heterocycles. The summed E-state index contributed by atoms with van der Waals surface area (Å²) in [7, 11) is 0. The van der Waals surface area contributed by atoms with Crippen LogP contribution < -0.4 is 21.3 Å². The van der Waals surface area contributed by atoms with E-state index < -0.39 is 48.5 Å². The number of amides is 4. The third-order valence-electron chi connectivity index (χ3n) is 2.50. The fourth-order valence-corrected chi connectivity index (χ4v) is 1.13.